The number of benzene rings is 1. The number of nitrogens with zero attached hydrogens (tertiary/aromatic N) is 2. The van der Waals surface area contributed by atoms with Gasteiger partial charge in [0, 0.05) is 32.7 Å². The Labute approximate surface area is 132 Å². The lowest BCUT2D eigenvalue weighted by Crippen LogP contribution is -2.45. The van der Waals surface area contributed by atoms with Crippen molar-refractivity contribution in [3.63, 3.8) is 0 Å². The van der Waals surface area contributed by atoms with Crippen LogP contribution in [-0.2, 0) is 6.54 Å². The first-order chi connectivity index (χ1) is 10.6. The van der Waals surface area contributed by atoms with Gasteiger partial charge in [0.25, 0.3) is 0 Å². The van der Waals surface area contributed by atoms with Gasteiger partial charge in [0.2, 0.25) is 0 Å². The number of rotatable bonds is 6. The molecule has 0 aliphatic carbocycles. The summed E-state index contributed by atoms with van der Waals surface area (Å²) < 4.78 is 0. The molecular formula is C17H27N3O2. The predicted molar refractivity (Wildman–Crippen MR) is 87.6 cm³/mol. The van der Waals surface area contributed by atoms with E-state index in [1.807, 2.05) is 6.07 Å². The number of aliphatic hydroxyl groups is 1. The Hall–Kier alpha value is -1.59. The van der Waals surface area contributed by atoms with E-state index in [2.05, 4.69) is 34.5 Å². The van der Waals surface area contributed by atoms with Crippen LogP contribution in [0, 0.1) is 0 Å². The van der Waals surface area contributed by atoms with Crippen LogP contribution in [0.4, 0.5) is 4.79 Å². The van der Waals surface area contributed by atoms with Crippen LogP contribution in [0.3, 0.4) is 0 Å². The van der Waals surface area contributed by atoms with Gasteiger partial charge in [0.1, 0.15) is 0 Å². The average molecular weight is 305 g/mol. The SMILES string of the molecule is CC(O)CN(C)C(=O)NCC1CCCN1Cc1ccccc1. The minimum absolute atomic E-state index is 0.118. The van der Waals surface area contributed by atoms with Crippen LogP contribution in [0.15, 0.2) is 30.3 Å². The molecule has 2 N–H and O–H groups in total. The smallest absolute Gasteiger partial charge is 0.317 e. The summed E-state index contributed by atoms with van der Waals surface area (Å²) in [6, 6.07) is 10.7. The maximum absolute atomic E-state index is 12.0. The van der Waals surface area contributed by atoms with Crippen molar-refractivity contribution in [2.75, 3.05) is 26.7 Å². The lowest BCUT2D eigenvalue weighted by atomic mass is 10.2. The molecule has 0 radical (unpaired) electrons. The Morgan fingerprint density at radius 2 is 2.18 bits per heavy atom. The first kappa shape index (κ1) is 16.8. The minimum atomic E-state index is -0.503. The highest BCUT2D eigenvalue weighted by Crippen LogP contribution is 2.19. The van der Waals surface area contributed by atoms with Gasteiger partial charge in [-0.25, -0.2) is 4.79 Å². The topological polar surface area (TPSA) is 55.8 Å². The van der Waals surface area contributed by atoms with Crippen molar-refractivity contribution in [3.05, 3.63) is 35.9 Å². The van der Waals surface area contributed by atoms with E-state index >= 15 is 0 Å². The number of aliphatic hydroxyl groups excluding tert-OH is 1. The molecule has 5 heteroatoms. The Bertz CT molecular complexity index is 464. The number of hydrogen-bond acceptors (Lipinski definition) is 3. The van der Waals surface area contributed by atoms with Gasteiger partial charge in [0.05, 0.1) is 6.10 Å². The highest BCUT2D eigenvalue weighted by molar-refractivity contribution is 5.73. The summed E-state index contributed by atoms with van der Waals surface area (Å²) in [6.45, 7) is 4.71. The molecule has 22 heavy (non-hydrogen) atoms. The normalized spacial score (nSPS) is 19.9. The Morgan fingerprint density at radius 1 is 1.45 bits per heavy atom. The Balaban J connectivity index is 1.80. The molecule has 1 fully saturated rings. The average Bonchev–Trinajstić information content (AvgIpc) is 2.92. The van der Waals surface area contributed by atoms with E-state index in [1.165, 1.54) is 16.9 Å². The molecule has 122 valence electrons. The maximum atomic E-state index is 12.0. The fourth-order valence-corrected chi connectivity index (χ4v) is 2.97. The number of urea groups is 1. The summed E-state index contributed by atoms with van der Waals surface area (Å²) in [6.07, 6.45) is 1.79. The third kappa shape index (κ3) is 5.00. The second-order valence-corrected chi connectivity index (χ2v) is 6.17. The zero-order valence-corrected chi connectivity index (χ0v) is 13.5. The van der Waals surface area contributed by atoms with Gasteiger partial charge >= 0.3 is 6.03 Å². The second kappa shape index (κ2) is 8.15. The molecule has 2 rings (SSSR count). The van der Waals surface area contributed by atoms with Crippen LogP contribution in [0.5, 0.6) is 0 Å². The molecule has 1 saturated heterocycles. The van der Waals surface area contributed by atoms with Gasteiger partial charge in [-0.1, -0.05) is 30.3 Å². The molecule has 2 unspecified atom stereocenters. The molecule has 2 atom stereocenters. The number of likely N-dealkylation sites (tertiary alicyclic amines) is 1. The lowest BCUT2D eigenvalue weighted by molar-refractivity contribution is 0.142. The molecule has 1 aliphatic rings. The van der Waals surface area contributed by atoms with Crippen LogP contribution in [0.1, 0.15) is 25.3 Å². The summed E-state index contributed by atoms with van der Waals surface area (Å²) in [5.41, 5.74) is 1.31. The molecule has 1 aromatic rings. The standard InChI is InChI=1S/C17H27N3O2/c1-14(21)12-19(2)17(22)18-11-16-9-6-10-20(16)13-15-7-4-3-5-8-15/h3-5,7-8,14,16,21H,6,9-13H2,1-2H3,(H,18,22). The highest BCUT2D eigenvalue weighted by Gasteiger charge is 2.25. The van der Waals surface area contributed by atoms with Crippen LogP contribution in [0.2, 0.25) is 0 Å². The number of carbonyl (C=O) groups is 1. The van der Waals surface area contributed by atoms with E-state index < -0.39 is 6.10 Å². The van der Waals surface area contributed by atoms with Crippen LogP contribution < -0.4 is 5.32 Å². The zero-order valence-electron chi connectivity index (χ0n) is 13.5. The number of nitrogens with one attached hydrogen (secondary N) is 1. The third-order valence-corrected chi connectivity index (χ3v) is 4.10. The van der Waals surface area contributed by atoms with Crippen molar-refractivity contribution in [2.24, 2.45) is 0 Å². The van der Waals surface area contributed by atoms with Crippen LogP contribution in [-0.4, -0.2) is 59.8 Å². The van der Waals surface area contributed by atoms with Gasteiger partial charge in [-0.3, -0.25) is 4.90 Å². The van der Waals surface area contributed by atoms with Gasteiger partial charge in [0.15, 0.2) is 0 Å². The molecule has 2 amide bonds. The summed E-state index contributed by atoms with van der Waals surface area (Å²) in [5.74, 6) is 0. The van der Waals surface area contributed by atoms with Gasteiger partial charge < -0.3 is 15.3 Å². The number of hydrogen-bond donors (Lipinski definition) is 2. The molecule has 0 spiro atoms. The van der Waals surface area contributed by atoms with Crippen LogP contribution in [0.25, 0.3) is 0 Å². The molecule has 0 bridgehead atoms. The Morgan fingerprint density at radius 3 is 2.86 bits per heavy atom. The van der Waals surface area contributed by atoms with Gasteiger partial charge in [-0.05, 0) is 31.9 Å². The molecule has 1 heterocycles. The largest absolute Gasteiger partial charge is 0.392 e. The lowest BCUT2D eigenvalue weighted by Gasteiger charge is -2.26. The molecule has 1 aliphatic heterocycles. The summed E-state index contributed by atoms with van der Waals surface area (Å²) in [4.78, 5) is 15.9. The van der Waals surface area contributed by atoms with Crippen molar-refractivity contribution < 1.29 is 9.90 Å². The van der Waals surface area contributed by atoms with Crippen molar-refractivity contribution in [1.82, 2.24) is 15.1 Å². The van der Waals surface area contributed by atoms with E-state index in [0.717, 1.165) is 19.5 Å². The number of amides is 2. The van der Waals surface area contributed by atoms with E-state index in [-0.39, 0.29) is 6.03 Å². The van der Waals surface area contributed by atoms with E-state index in [1.54, 1.807) is 14.0 Å². The molecule has 0 saturated carbocycles. The van der Waals surface area contributed by atoms with E-state index in [4.69, 9.17) is 0 Å². The fraction of sp³-hybridized carbons (Fsp3) is 0.588. The summed E-state index contributed by atoms with van der Waals surface area (Å²) in [7, 11) is 1.71. The third-order valence-electron chi connectivity index (χ3n) is 4.10. The summed E-state index contributed by atoms with van der Waals surface area (Å²) in [5, 5.41) is 12.3. The van der Waals surface area contributed by atoms with Crippen molar-refractivity contribution in [3.8, 4) is 0 Å². The van der Waals surface area contributed by atoms with Crippen molar-refractivity contribution >= 4 is 6.03 Å². The maximum Gasteiger partial charge on any atom is 0.317 e. The fourth-order valence-electron chi connectivity index (χ4n) is 2.97. The van der Waals surface area contributed by atoms with Gasteiger partial charge in [-0.15, -0.1) is 0 Å². The number of likely N-dealkylation sites (N-methyl/N-ethyl adjacent to an activating group) is 1. The molecule has 0 aromatic heterocycles. The first-order valence-corrected chi connectivity index (χ1v) is 8.01. The predicted octanol–water partition coefficient (Wildman–Crippen LogP) is 1.67. The quantitative estimate of drug-likeness (QED) is 0.840. The van der Waals surface area contributed by atoms with Crippen molar-refractivity contribution in [2.45, 2.75) is 38.5 Å². The zero-order chi connectivity index (χ0) is 15.9. The molecular weight excluding hydrogens is 278 g/mol. The second-order valence-electron chi connectivity index (χ2n) is 6.17. The first-order valence-electron chi connectivity index (χ1n) is 8.01. The highest BCUT2D eigenvalue weighted by atomic mass is 16.3. The Kier molecular flexibility index (Phi) is 6.21. The molecule has 1 aromatic carbocycles. The van der Waals surface area contributed by atoms with E-state index in [9.17, 15) is 9.90 Å². The monoisotopic (exact) mass is 305 g/mol. The van der Waals surface area contributed by atoms with E-state index in [0.29, 0.717) is 19.1 Å². The van der Waals surface area contributed by atoms with Crippen molar-refractivity contribution in [1.29, 1.82) is 0 Å². The minimum Gasteiger partial charge on any atom is -0.392 e. The van der Waals surface area contributed by atoms with Gasteiger partial charge in [-0.2, -0.15) is 0 Å². The van der Waals surface area contributed by atoms with Crippen LogP contribution >= 0.6 is 0 Å². The number of carbonyl (C=O) groups excluding carboxylic acids is 1. The summed E-state index contributed by atoms with van der Waals surface area (Å²) >= 11 is 0. The molecule has 5 nitrogen and oxygen atoms in total.